The lowest BCUT2D eigenvalue weighted by molar-refractivity contribution is -0.136. The molecule has 0 aromatic heterocycles. The van der Waals surface area contributed by atoms with Crippen LogP contribution in [0.1, 0.15) is 46.5 Å². The number of hydrogen-bond acceptors (Lipinski definition) is 4. The fourth-order valence-corrected chi connectivity index (χ4v) is 3.87. The maximum absolute atomic E-state index is 12.9. The molecule has 146 valence electrons. The normalized spacial score (nSPS) is 25.0. The molecule has 1 aliphatic carbocycles. The monoisotopic (exact) mass is 373 g/mol. The number of anilines is 1. The van der Waals surface area contributed by atoms with Crippen molar-refractivity contribution in [2.45, 2.75) is 58.1 Å². The highest BCUT2D eigenvalue weighted by Gasteiger charge is 2.55. The van der Waals surface area contributed by atoms with E-state index in [0.29, 0.717) is 17.9 Å². The summed E-state index contributed by atoms with van der Waals surface area (Å²) in [6.07, 6.45) is 3.56. The number of carbonyl (C=O) groups excluding carboxylic acids is 3. The minimum absolute atomic E-state index is 0.0691. The maximum Gasteiger partial charge on any atom is 0.325 e. The summed E-state index contributed by atoms with van der Waals surface area (Å²) in [7, 11) is 0. The maximum atomic E-state index is 12.9. The van der Waals surface area contributed by atoms with Crippen molar-refractivity contribution in [3.8, 4) is 5.75 Å². The van der Waals surface area contributed by atoms with Crippen LogP contribution in [-0.2, 0) is 9.59 Å². The molecule has 1 saturated heterocycles. The average molecular weight is 373 g/mol. The van der Waals surface area contributed by atoms with Crippen LogP contribution in [0.4, 0.5) is 10.5 Å². The van der Waals surface area contributed by atoms with E-state index in [1.165, 1.54) is 0 Å². The molecule has 7 heteroatoms. The molecule has 2 fully saturated rings. The molecule has 2 atom stereocenters. The lowest BCUT2D eigenvalue weighted by Gasteiger charge is -2.36. The summed E-state index contributed by atoms with van der Waals surface area (Å²) in [5.74, 6) is 0.0988. The Morgan fingerprint density at radius 3 is 2.63 bits per heavy atom. The summed E-state index contributed by atoms with van der Waals surface area (Å²) in [4.78, 5) is 38.6. The molecule has 1 aromatic rings. The minimum atomic E-state index is -0.842. The van der Waals surface area contributed by atoms with Gasteiger partial charge in [0.25, 0.3) is 5.91 Å². The number of amides is 4. The van der Waals surface area contributed by atoms with Crippen LogP contribution in [0, 0.1) is 5.92 Å². The molecule has 0 radical (unpaired) electrons. The third kappa shape index (κ3) is 3.91. The fraction of sp³-hybridized carbons (Fsp3) is 0.550. The van der Waals surface area contributed by atoms with E-state index in [9.17, 15) is 14.4 Å². The van der Waals surface area contributed by atoms with Crippen molar-refractivity contribution in [3.63, 3.8) is 0 Å². The van der Waals surface area contributed by atoms with Crippen molar-refractivity contribution >= 4 is 23.5 Å². The van der Waals surface area contributed by atoms with E-state index in [-0.39, 0.29) is 24.5 Å². The van der Waals surface area contributed by atoms with Gasteiger partial charge in [0, 0.05) is 5.69 Å². The number of imide groups is 1. The van der Waals surface area contributed by atoms with Gasteiger partial charge in [-0.15, -0.1) is 0 Å². The molecule has 2 aliphatic rings. The van der Waals surface area contributed by atoms with Crippen LogP contribution in [0.15, 0.2) is 24.3 Å². The van der Waals surface area contributed by atoms with Gasteiger partial charge in [0.15, 0.2) is 0 Å². The van der Waals surface area contributed by atoms with E-state index in [2.05, 4.69) is 10.6 Å². The molecule has 2 unspecified atom stereocenters. The first-order valence-corrected chi connectivity index (χ1v) is 9.52. The third-order valence-corrected chi connectivity index (χ3v) is 5.31. The molecule has 4 amide bonds. The van der Waals surface area contributed by atoms with Gasteiger partial charge < -0.3 is 15.4 Å². The quantitative estimate of drug-likeness (QED) is 0.777. The van der Waals surface area contributed by atoms with Crippen molar-refractivity contribution in [2.75, 3.05) is 11.9 Å². The molecule has 27 heavy (non-hydrogen) atoms. The summed E-state index contributed by atoms with van der Waals surface area (Å²) in [5, 5.41) is 5.58. The van der Waals surface area contributed by atoms with Crippen molar-refractivity contribution in [2.24, 2.45) is 5.92 Å². The van der Waals surface area contributed by atoms with Gasteiger partial charge in [-0.1, -0.05) is 19.8 Å². The topological polar surface area (TPSA) is 87.7 Å². The summed E-state index contributed by atoms with van der Waals surface area (Å²) in [5.41, 5.74) is -0.255. The van der Waals surface area contributed by atoms with E-state index >= 15 is 0 Å². The number of benzene rings is 1. The standard InChI is InChI=1S/C20H27N3O4/c1-13(2)27-16-9-7-15(8-10-16)21-17(24)12-23-18(25)20(22-19(23)26)11-5-4-6-14(20)3/h7-10,13-14H,4-6,11-12H2,1-3H3,(H,21,24)(H,22,26). The molecule has 0 bridgehead atoms. The summed E-state index contributed by atoms with van der Waals surface area (Å²) in [6.45, 7) is 5.58. The first-order chi connectivity index (χ1) is 12.8. The molecule has 7 nitrogen and oxygen atoms in total. The highest BCUT2D eigenvalue weighted by molar-refractivity contribution is 6.10. The highest BCUT2D eigenvalue weighted by atomic mass is 16.5. The van der Waals surface area contributed by atoms with Gasteiger partial charge in [0.05, 0.1) is 6.10 Å². The van der Waals surface area contributed by atoms with Crippen molar-refractivity contribution in [3.05, 3.63) is 24.3 Å². The molecule has 2 N–H and O–H groups in total. The third-order valence-electron chi connectivity index (χ3n) is 5.31. The van der Waals surface area contributed by atoms with E-state index in [1.54, 1.807) is 24.3 Å². The van der Waals surface area contributed by atoms with Crippen LogP contribution >= 0.6 is 0 Å². The zero-order valence-electron chi connectivity index (χ0n) is 16.1. The fourth-order valence-electron chi connectivity index (χ4n) is 3.87. The highest BCUT2D eigenvalue weighted by Crippen LogP contribution is 2.38. The largest absolute Gasteiger partial charge is 0.491 e. The summed E-state index contributed by atoms with van der Waals surface area (Å²) in [6, 6.07) is 6.51. The molecule has 1 aromatic carbocycles. The number of ether oxygens (including phenoxy) is 1. The van der Waals surface area contributed by atoms with Gasteiger partial charge in [0.2, 0.25) is 5.91 Å². The van der Waals surface area contributed by atoms with Gasteiger partial charge in [-0.2, -0.15) is 0 Å². The first kappa shape index (κ1) is 19.2. The summed E-state index contributed by atoms with van der Waals surface area (Å²) >= 11 is 0. The minimum Gasteiger partial charge on any atom is -0.491 e. The molecular formula is C20H27N3O4. The second-order valence-electron chi connectivity index (χ2n) is 7.68. The van der Waals surface area contributed by atoms with Gasteiger partial charge >= 0.3 is 6.03 Å². The zero-order chi connectivity index (χ0) is 19.6. The lowest BCUT2D eigenvalue weighted by Crippen LogP contribution is -2.54. The van der Waals surface area contributed by atoms with Crippen molar-refractivity contribution in [1.82, 2.24) is 10.2 Å². The van der Waals surface area contributed by atoms with E-state index < -0.39 is 17.5 Å². The number of urea groups is 1. The molecule has 3 rings (SSSR count). The number of rotatable bonds is 5. The van der Waals surface area contributed by atoms with Crippen LogP contribution in [0.2, 0.25) is 0 Å². The Morgan fingerprint density at radius 2 is 2.00 bits per heavy atom. The SMILES string of the molecule is CC(C)Oc1ccc(NC(=O)CN2C(=O)NC3(CCCCC3C)C2=O)cc1. The molecule has 1 heterocycles. The van der Waals surface area contributed by atoms with Crippen LogP contribution in [-0.4, -0.2) is 40.9 Å². The Hall–Kier alpha value is -2.57. The molecule has 1 aliphatic heterocycles. The number of hydrogen-bond donors (Lipinski definition) is 2. The van der Waals surface area contributed by atoms with Gasteiger partial charge in [-0.3, -0.25) is 14.5 Å². The van der Waals surface area contributed by atoms with E-state index in [1.807, 2.05) is 20.8 Å². The predicted octanol–water partition coefficient (Wildman–Crippen LogP) is 2.91. The summed E-state index contributed by atoms with van der Waals surface area (Å²) < 4.78 is 5.57. The van der Waals surface area contributed by atoms with Crippen molar-refractivity contribution < 1.29 is 19.1 Å². The van der Waals surface area contributed by atoms with Gasteiger partial charge in [-0.05, 0) is 56.9 Å². The van der Waals surface area contributed by atoms with E-state index in [0.717, 1.165) is 24.2 Å². The molecule has 1 spiro atoms. The molecule has 1 saturated carbocycles. The number of nitrogens with one attached hydrogen (secondary N) is 2. The number of nitrogens with zero attached hydrogens (tertiary/aromatic N) is 1. The molecular weight excluding hydrogens is 346 g/mol. The Kier molecular flexibility index (Phi) is 5.39. The lowest BCUT2D eigenvalue weighted by atomic mass is 9.73. The first-order valence-electron chi connectivity index (χ1n) is 9.52. The van der Waals surface area contributed by atoms with Crippen LogP contribution in [0.5, 0.6) is 5.75 Å². The Bertz CT molecular complexity index is 731. The van der Waals surface area contributed by atoms with E-state index in [4.69, 9.17) is 4.74 Å². The Morgan fingerprint density at radius 1 is 1.30 bits per heavy atom. The average Bonchev–Trinajstić information content (AvgIpc) is 2.84. The second kappa shape index (κ2) is 7.58. The van der Waals surface area contributed by atoms with Crippen LogP contribution in [0.25, 0.3) is 0 Å². The Balaban J connectivity index is 1.62. The zero-order valence-corrected chi connectivity index (χ0v) is 16.1. The van der Waals surface area contributed by atoms with Gasteiger partial charge in [0.1, 0.15) is 17.8 Å². The van der Waals surface area contributed by atoms with Crippen molar-refractivity contribution in [1.29, 1.82) is 0 Å². The van der Waals surface area contributed by atoms with Gasteiger partial charge in [-0.25, -0.2) is 4.79 Å². The Labute approximate surface area is 159 Å². The second-order valence-corrected chi connectivity index (χ2v) is 7.68. The van der Waals surface area contributed by atoms with Crippen LogP contribution in [0.3, 0.4) is 0 Å². The van der Waals surface area contributed by atoms with Crippen LogP contribution < -0.4 is 15.4 Å². The predicted molar refractivity (Wildman–Crippen MR) is 101 cm³/mol. The number of carbonyl (C=O) groups is 3. The smallest absolute Gasteiger partial charge is 0.325 e.